The van der Waals surface area contributed by atoms with Crippen molar-refractivity contribution in [1.29, 1.82) is 5.26 Å². The summed E-state index contributed by atoms with van der Waals surface area (Å²) < 4.78 is 25.6. The molecule has 138 valence electrons. The lowest BCUT2D eigenvalue weighted by atomic mass is 9.94. The first-order valence-corrected chi connectivity index (χ1v) is 7.35. The van der Waals surface area contributed by atoms with Crippen molar-refractivity contribution in [2.75, 3.05) is 6.61 Å². The van der Waals surface area contributed by atoms with E-state index in [2.05, 4.69) is 0 Å². The molecule has 1 aliphatic heterocycles. The molecule has 10 heteroatoms. The zero-order valence-electron chi connectivity index (χ0n) is 14.2. The zero-order valence-corrected chi connectivity index (χ0v) is 14.2. The van der Waals surface area contributed by atoms with Crippen LogP contribution >= 0.6 is 0 Å². The van der Waals surface area contributed by atoms with Crippen LogP contribution in [0.5, 0.6) is 0 Å². The summed E-state index contributed by atoms with van der Waals surface area (Å²) in [5.41, 5.74) is 0. The van der Waals surface area contributed by atoms with Gasteiger partial charge in [-0.2, -0.15) is 5.26 Å². The number of carbonyl (C=O) groups excluding carboxylic acids is 4. The number of rotatable bonds is 5. The first-order chi connectivity index (χ1) is 11.6. The van der Waals surface area contributed by atoms with Gasteiger partial charge in [-0.15, -0.1) is 0 Å². The summed E-state index contributed by atoms with van der Waals surface area (Å²) in [5.74, 6) is -2.84. The molecule has 0 aromatic rings. The topological polar surface area (TPSA) is 138 Å². The maximum atomic E-state index is 11.4. The van der Waals surface area contributed by atoms with Gasteiger partial charge in [0.2, 0.25) is 0 Å². The molecule has 1 fully saturated rings. The molecule has 0 N–H and O–H groups in total. The molecule has 0 bridgehead atoms. The SMILES string of the molecule is CC(=O)OCC1O[C@@H](C#N)C(OC(C)=O)C(OC(C)=O)[C@H]1OC(C)=O. The summed E-state index contributed by atoms with van der Waals surface area (Å²) in [6.45, 7) is 4.14. The molecule has 1 rings (SSSR count). The summed E-state index contributed by atoms with van der Waals surface area (Å²) >= 11 is 0. The van der Waals surface area contributed by atoms with Crippen LogP contribution < -0.4 is 0 Å². The molecule has 0 saturated carbocycles. The highest BCUT2D eigenvalue weighted by Crippen LogP contribution is 2.28. The van der Waals surface area contributed by atoms with E-state index in [1.54, 1.807) is 6.07 Å². The van der Waals surface area contributed by atoms with Crippen molar-refractivity contribution in [3.63, 3.8) is 0 Å². The number of hydrogen-bond donors (Lipinski definition) is 0. The Bertz CT molecular complexity index is 582. The van der Waals surface area contributed by atoms with Crippen LogP contribution in [-0.4, -0.2) is 61.0 Å². The van der Waals surface area contributed by atoms with Crippen LogP contribution in [-0.2, 0) is 42.9 Å². The molecule has 0 amide bonds. The van der Waals surface area contributed by atoms with E-state index >= 15 is 0 Å². The Kier molecular flexibility index (Phi) is 7.32. The highest BCUT2D eigenvalue weighted by molar-refractivity contribution is 5.68. The Hall–Kier alpha value is -2.67. The number of nitrogens with zero attached hydrogens (tertiary/aromatic N) is 1. The van der Waals surface area contributed by atoms with E-state index in [0.29, 0.717) is 0 Å². The Morgan fingerprint density at radius 2 is 1.32 bits per heavy atom. The van der Waals surface area contributed by atoms with E-state index in [-0.39, 0.29) is 6.61 Å². The van der Waals surface area contributed by atoms with Gasteiger partial charge in [0.05, 0.1) is 6.07 Å². The fourth-order valence-corrected chi connectivity index (χ4v) is 2.33. The highest BCUT2D eigenvalue weighted by atomic mass is 16.7. The van der Waals surface area contributed by atoms with Crippen molar-refractivity contribution < 1.29 is 42.9 Å². The van der Waals surface area contributed by atoms with Crippen molar-refractivity contribution in [1.82, 2.24) is 0 Å². The zero-order chi connectivity index (χ0) is 19.1. The highest BCUT2D eigenvalue weighted by Gasteiger charge is 2.52. The third-order valence-electron chi connectivity index (χ3n) is 3.12. The van der Waals surface area contributed by atoms with E-state index in [1.807, 2.05) is 0 Å². The standard InChI is InChI=1S/C15H19NO9/c1-7(17)21-6-12-14(23-9(3)19)15(24-10(4)20)13(22-8(2)18)11(5-16)25-12/h11-15H,6H2,1-4H3/t11-,12?,13?,14-,15?/m0/s1. The first kappa shape index (κ1) is 20.4. The molecule has 10 nitrogen and oxygen atoms in total. The van der Waals surface area contributed by atoms with E-state index in [1.165, 1.54) is 0 Å². The average molecular weight is 357 g/mol. The van der Waals surface area contributed by atoms with Gasteiger partial charge in [-0.3, -0.25) is 19.2 Å². The molecule has 0 aliphatic carbocycles. The van der Waals surface area contributed by atoms with Crippen LogP contribution in [0.4, 0.5) is 0 Å². The molecule has 0 aromatic heterocycles. The minimum absolute atomic E-state index is 0.351. The number of carbonyl (C=O) groups is 4. The Labute approximate surface area is 143 Å². The van der Waals surface area contributed by atoms with Gasteiger partial charge in [0.25, 0.3) is 0 Å². The van der Waals surface area contributed by atoms with Crippen LogP contribution in [0, 0.1) is 11.3 Å². The maximum absolute atomic E-state index is 11.4. The molecular formula is C15H19NO9. The summed E-state index contributed by atoms with van der Waals surface area (Å²) in [4.78, 5) is 45.2. The molecular weight excluding hydrogens is 338 g/mol. The quantitative estimate of drug-likeness (QED) is 0.473. The maximum Gasteiger partial charge on any atom is 0.303 e. The smallest absolute Gasteiger partial charge is 0.303 e. The van der Waals surface area contributed by atoms with Gasteiger partial charge in [0.15, 0.2) is 24.4 Å². The number of ether oxygens (including phenoxy) is 5. The Morgan fingerprint density at radius 1 is 0.840 bits per heavy atom. The molecule has 0 radical (unpaired) electrons. The van der Waals surface area contributed by atoms with Crippen molar-refractivity contribution in [2.24, 2.45) is 0 Å². The van der Waals surface area contributed by atoms with Gasteiger partial charge in [0, 0.05) is 27.7 Å². The second-order valence-corrected chi connectivity index (χ2v) is 5.25. The lowest BCUT2D eigenvalue weighted by Gasteiger charge is -2.42. The monoisotopic (exact) mass is 357 g/mol. The first-order valence-electron chi connectivity index (χ1n) is 7.35. The number of hydrogen-bond acceptors (Lipinski definition) is 10. The van der Waals surface area contributed by atoms with Crippen LogP contribution in [0.1, 0.15) is 27.7 Å². The van der Waals surface area contributed by atoms with Crippen LogP contribution in [0.2, 0.25) is 0 Å². The van der Waals surface area contributed by atoms with Crippen molar-refractivity contribution in [2.45, 2.75) is 58.2 Å². The summed E-state index contributed by atoms with van der Waals surface area (Å²) in [7, 11) is 0. The molecule has 3 unspecified atom stereocenters. The lowest BCUT2D eigenvalue weighted by Crippen LogP contribution is -2.62. The van der Waals surface area contributed by atoms with Crippen LogP contribution in [0.15, 0.2) is 0 Å². The molecule has 0 aromatic carbocycles. The van der Waals surface area contributed by atoms with Gasteiger partial charge >= 0.3 is 23.9 Å². The van der Waals surface area contributed by atoms with E-state index < -0.39 is 54.4 Å². The number of esters is 4. The largest absolute Gasteiger partial charge is 0.463 e. The minimum atomic E-state index is -1.32. The van der Waals surface area contributed by atoms with Crippen molar-refractivity contribution >= 4 is 23.9 Å². The van der Waals surface area contributed by atoms with Gasteiger partial charge in [0.1, 0.15) is 12.7 Å². The lowest BCUT2D eigenvalue weighted by molar-refractivity contribution is -0.243. The molecule has 5 atom stereocenters. The second kappa shape index (κ2) is 8.98. The average Bonchev–Trinajstić information content (AvgIpc) is 2.48. The van der Waals surface area contributed by atoms with Crippen molar-refractivity contribution in [3.05, 3.63) is 0 Å². The third-order valence-corrected chi connectivity index (χ3v) is 3.12. The van der Waals surface area contributed by atoms with E-state index in [0.717, 1.165) is 27.7 Å². The van der Waals surface area contributed by atoms with Crippen LogP contribution in [0.25, 0.3) is 0 Å². The molecule has 0 spiro atoms. The summed E-state index contributed by atoms with van der Waals surface area (Å²) in [6, 6.07) is 1.78. The number of nitriles is 1. The van der Waals surface area contributed by atoms with Gasteiger partial charge in [-0.05, 0) is 0 Å². The summed E-state index contributed by atoms with van der Waals surface area (Å²) in [6.07, 6.45) is -6.27. The third kappa shape index (κ3) is 6.04. The molecule has 1 heterocycles. The van der Waals surface area contributed by atoms with E-state index in [9.17, 15) is 24.4 Å². The van der Waals surface area contributed by atoms with Gasteiger partial charge in [-0.25, -0.2) is 0 Å². The molecule has 1 aliphatic rings. The van der Waals surface area contributed by atoms with Crippen LogP contribution in [0.3, 0.4) is 0 Å². The predicted octanol–water partition coefficient (Wildman–Crippen LogP) is -0.364. The molecule has 1 saturated heterocycles. The van der Waals surface area contributed by atoms with Crippen molar-refractivity contribution in [3.8, 4) is 6.07 Å². The fourth-order valence-electron chi connectivity index (χ4n) is 2.33. The Balaban J connectivity index is 3.21. The minimum Gasteiger partial charge on any atom is -0.463 e. The summed E-state index contributed by atoms with van der Waals surface area (Å²) in [5, 5.41) is 9.27. The Morgan fingerprint density at radius 3 is 1.76 bits per heavy atom. The fraction of sp³-hybridized carbons (Fsp3) is 0.667. The molecule has 25 heavy (non-hydrogen) atoms. The normalized spacial score (nSPS) is 28.2. The predicted molar refractivity (Wildman–Crippen MR) is 77.6 cm³/mol. The van der Waals surface area contributed by atoms with Gasteiger partial charge < -0.3 is 23.7 Å². The van der Waals surface area contributed by atoms with E-state index in [4.69, 9.17) is 23.7 Å². The van der Waals surface area contributed by atoms with Gasteiger partial charge in [-0.1, -0.05) is 0 Å². The second-order valence-electron chi connectivity index (χ2n) is 5.25.